The van der Waals surface area contributed by atoms with Crippen LogP contribution >= 0.6 is 0 Å². The van der Waals surface area contributed by atoms with Gasteiger partial charge in [-0.3, -0.25) is 4.68 Å². The van der Waals surface area contributed by atoms with Crippen molar-refractivity contribution in [1.82, 2.24) is 25.1 Å². The Hall–Kier alpha value is -1.95. The zero-order valence-corrected chi connectivity index (χ0v) is 12.6. The maximum atomic E-state index is 4.69. The summed E-state index contributed by atoms with van der Waals surface area (Å²) in [6.45, 7) is 7.09. The first-order chi connectivity index (χ1) is 10.3. The predicted molar refractivity (Wildman–Crippen MR) is 83.2 cm³/mol. The summed E-state index contributed by atoms with van der Waals surface area (Å²) in [6.07, 6.45) is 8.01. The van der Waals surface area contributed by atoms with Crippen molar-refractivity contribution in [3.63, 3.8) is 0 Å². The normalized spacial score (nSPS) is 16.1. The molecule has 2 N–H and O–H groups in total. The van der Waals surface area contributed by atoms with Crippen LogP contribution in [0.2, 0.25) is 0 Å². The van der Waals surface area contributed by atoms with E-state index in [1.54, 1.807) is 0 Å². The highest BCUT2D eigenvalue weighted by Gasteiger charge is 2.15. The number of aryl methyl sites for hydroxylation is 2. The van der Waals surface area contributed by atoms with Gasteiger partial charge in [0.1, 0.15) is 0 Å². The Balaban J connectivity index is 1.81. The lowest BCUT2D eigenvalue weighted by Crippen LogP contribution is -2.35. The first-order valence-corrected chi connectivity index (χ1v) is 7.60. The maximum Gasteiger partial charge on any atom is 0.223 e. The second-order valence-electron chi connectivity index (χ2n) is 5.48. The van der Waals surface area contributed by atoms with E-state index in [2.05, 4.69) is 32.6 Å². The van der Waals surface area contributed by atoms with Gasteiger partial charge >= 0.3 is 0 Å². The topological polar surface area (TPSA) is 67.7 Å². The van der Waals surface area contributed by atoms with E-state index in [1.165, 1.54) is 0 Å². The number of rotatable bonds is 4. The lowest BCUT2D eigenvalue weighted by Gasteiger charge is -2.23. The highest BCUT2D eigenvalue weighted by Crippen LogP contribution is 2.21. The molecule has 0 atom stereocenters. The van der Waals surface area contributed by atoms with E-state index in [0.29, 0.717) is 12.0 Å². The average Bonchev–Trinajstić information content (AvgIpc) is 2.99. The Labute approximate surface area is 125 Å². The number of aromatic nitrogens is 4. The van der Waals surface area contributed by atoms with Crippen LogP contribution in [0.4, 0.5) is 5.95 Å². The molecule has 1 fully saturated rings. The minimum absolute atomic E-state index is 0.458. The Morgan fingerprint density at radius 2 is 2.14 bits per heavy atom. The van der Waals surface area contributed by atoms with Crippen LogP contribution in [0.15, 0.2) is 18.6 Å². The molecule has 21 heavy (non-hydrogen) atoms. The van der Waals surface area contributed by atoms with Crippen LogP contribution < -0.4 is 10.6 Å². The fraction of sp³-hybridized carbons (Fsp3) is 0.533. The zero-order valence-electron chi connectivity index (χ0n) is 12.6. The molecule has 1 aliphatic rings. The van der Waals surface area contributed by atoms with Gasteiger partial charge in [0.15, 0.2) is 0 Å². The van der Waals surface area contributed by atoms with Crippen molar-refractivity contribution in [2.75, 3.05) is 18.4 Å². The average molecular weight is 286 g/mol. The van der Waals surface area contributed by atoms with Crippen molar-refractivity contribution in [2.24, 2.45) is 0 Å². The molecule has 0 spiro atoms. The van der Waals surface area contributed by atoms with Crippen LogP contribution in [0.1, 0.15) is 25.3 Å². The van der Waals surface area contributed by atoms with Crippen molar-refractivity contribution in [3.8, 4) is 11.3 Å². The second kappa shape index (κ2) is 6.22. The minimum atomic E-state index is 0.458. The van der Waals surface area contributed by atoms with Crippen LogP contribution in [0.5, 0.6) is 0 Å². The van der Waals surface area contributed by atoms with Crippen LogP contribution in [0.3, 0.4) is 0 Å². The standard InChI is InChI=1S/C15H22N6/c1-3-21-10-12(9-18-21)14-11(2)8-17-15(20-14)19-13-4-6-16-7-5-13/h8-10,13,16H,3-7H2,1-2H3,(H,17,19,20). The number of nitrogens with zero attached hydrogens (tertiary/aromatic N) is 4. The molecule has 6 heteroatoms. The van der Waals surface area contributed by atoms with Gasteiger partial charge in [-0.15, -0.1) is 0 Å². The molecule has 2 aromatic heterocycles. The third kappa shape index (κ3) is 3.21. The largest absolute Gasteiger partial charge is 0.351 e. The summed E-state index contributed by atoms with van der Waals surface area (Å²) in [5, 5.41) is 11.1. The fourth-order valence-electron chi connectivity index (χ4n) is 2.61. The molecule has 1 aliphatic heterocycles. The maximum absolute atomic E-state index is 4.69. The summed E-state index contributed by atoms with van der Waals surface area (Å²) in [4.78, 5) is 9.10. The van der Waals surface area contributed by atoms with E-state index in [0.717, 1.165) is 49.3 Å². The number of anilines is 1. The van der Waals surface area contributed by atoms with Crippen LogP contribution in [0.25, 0.3) is 11.3 Å². The molecule has 0 bridgehead atoms. The van der Waals surface area contributed by atoms with Gasteiger partial charge in [0, 0.05) is 30.5 Å². The monoisotopic (exact) mass is 286 g/mol. The summed E-state index contributed by atoms with van der Waals surface area (Å²) in [5.41, 5.74) is 3.08. The zero-order chi connectivity index (χ0) is 14.7. The lowest BCUT2D eigenvalue weighted by molar-refractivity contribution is 0.477. The van der Waals surface area contributed by atoms with Crippen LogP contribution in [-0.4, -0.2) is 38.9 Å². The molecule has 0 aliphatic carbocycles. The Bertz CT molecular complexity index is 600. The van der Waals surface area contributed by atoms with E-state index >= 15 is 0 Å². The SMILES string of the molecule is CCn1cc(-c2nc(NC3CCNCC3)ncc2C)cn1. The summed E-state index contributed by atoms with van der Waals surface area (Å²) in [6, 6.07) is 0.458. The van der Waals surface area contributed by atoms with Gasteiger partial charge in [-0.1, -0.05) is 0 Å². The summed E-state index contributed by atoms with van der Waals surface area (Å²) in [7, 11) is 0. The first-order valence-electron chi connectivity index (χ1n) is 7.60. The molecule has 6 nitrogen and oxygen atoms in total. The van der Waals surface area contributed by atoms with E-state index in [9.17, 15) is 0 Å². The Kier molecular flexibility index (Phi) is 4.15. The number of hydrogen-bond donors (Lipinski definition) is 2. The number of hydrogen-bond acceptors (Lipinski definition) is 5. The van der Waals surface area contributed by atoms with E-state index in [4.69, 9.17) is 0 Å². The van der Waals surface area contributed by atoms with Gasteiger partial charge < -0.3 is 10.6 Å². The van der Waals surface area contributed by atoms with Crippen molar-refractivity contribution >= 4 is 5.95 Å². The number of piperidine rings is 1. The molecule has 0 unspecified atom stereocenters. The lowest BCUT2D eigenvalue weighted by atomic mass is 10.1. The van der Waals surface area contributed by atoms with Gasteiger partial charge in [0.25, 0.3) is 0 Å². The van der Waals surface area contributed by atoms with Gasteiger partial charge in [-0.25, -0.2) is 9.97 Å². The van der Waals surface area contributed by atoms with Crippen molar-refractivity contribution in [1.29, 1.82) is 0 Å². The van der Waals surface area contributed by atoms with Gasteiger partial charge in [0.2, 0.25) is 5.95 Å². The summed E-state index contributed by atoms with van der Waals surface area (Å²) < 4.78 is 1.91. The highest BCUT2D eigenvalue weighted by molar-refractivity contribution is 5.62. The predicted octanol–water partition coefficient (Wildman–Crippen LogP) is 1.83. The van der Waals surface area contributed by atoms with Crippen molar-refractivity contribution < 1.29 is 0 Å². The van der Waals surface area contributed by atoms with E-state index in [-0.39, 0.29) is 0 Å². The third-order valence-electron chi connectivity index (χ3n) is 3.87. The molecule has 0 aromatic carbocycles. The Morgan fingerprint density at radius 3 is 2.86 bits per heavy atom. The molecule has 0 amide bonds. The van der Waals surface area contributed by atoms with Crippen LogP contribution in [-0.2, 0) is 6.54 Å². The molecule has 0 radical (unpaired) electrons. The molecule has 3 rings (SSSR count). The molecular weight excluding hydrogens is 264 g/mol. The van der Waals surface area contributed by atoms with E-state index < -0.39 is 0 Å². The summed E-state index contributed by atoms with van der Waals surface area (Å²) in [5.74, 6) is 0.715. The van der Waals surface area contributed by atoms with E-state index in [1.807, 2.05) is 30.2 Å². The molecule has 0 saturated carbocycles. The van der Waals surface area contributed by atoms with Gasteiger partial charge in [-0.05, 0) is 45.3 Å². The molecule has 3 heterocycles. The van der Waals surface area contributed by atoms with Gasteiger partial charge in [-0.2, -0.15) is 5.10 Å². The summed E-state index contributed by atoms with van der Waals surface area (Å²) >= 11 is 0. The smallest absolute Gasteiger partial charge is 0.223 e. The van der Waals surface area contributed by atoms with Crippen molar-refractivity contribution in [3.05, 3.63) is 24.2 Å². The third-order valence-corrected chi connectivity index (χ3v) is 3.87. The van der Waals surface area contributed by atoms with Crippen LogP contribution in [0, 0.1) is 6.92 Å². The fourth-order valence-corrected chi connectivity index (χ4v) is 2.61. The second-order valence-corrected chi connectivity index (χ2v) is 5.48. The molecule has 1 saturated heterocycles. The number of nitrogens with one attached hydrogen (secondary N) is 2. The van der Waals surface area contributed by atoms with Crippen molar-refractivity contribution in [2.45, 2.75) is 39.3 Å². The first kappa shape index (κ1) is 14.0. The quantitative estimate of drug-likeness (QED) is 0.897. The van der Waals surface area contributed by atoms with Gasteiger partial charge in [0.05, 0.1) is 11.9 Å². The molecule has 2 aromatic rings. The molecule has 112 valence electrons. The highest BCUT2D eigenvalue weighted by atomic mass is 15.3. The minimum Gasteiger partial charge on any atom is -0.351 e. The Morgan fingerprint density at radius 1 is 1.33 bits per heavy atom. The molecular formula is C15H22N6.